The van der Waals surface area contributed by atoms with Crippen LogP contribution in [0.4, 0.5) is 5.69 Å². The Morgan fingerprint density at radius 1 is 1.00 bits per heavy atom. The fourth-order valence-electron chi connectivity index (χ4n) is 4.04. The van der Waals surface area contributed by atoms with E-state index in [1.807, 2.05) is 96.4 Å². The van der Waals surface area contributed by atoms with Gasteiger partial charge in [-0.3, -0.25) is 9.36 Å². The Morgan fingerprint density at radius 3 is 2.56 bits per heavy atom. The number of amides is 1. The van der Waals surface area contributed by atoms with Gasteiger partial charge in [0.05, 0.1) is 17.0 Å². The Hall–Kier alpha value is -4.23. The van der Waals surface area contributed by atoms with Crippen LogP contribution >= 0.6 is 11.8 Å². The van der Waals surface area contributed by atoms with E-state index < -0.39 is 0 Å². The quantitative estimate of drug-likeness (QED) is 0.201. The van der Waals surface area contributed by atoms with Crippen molar-refractivity contribution in [1.29, 1.82) is 0 Å². The molecule has 5 rings (SSSR count). The second-order valence-corrected chi connectivity index (χ2v) is 9.24. The van der Waals surface area contributed by atoms with Crippen molar-refractivity contribution >= 4 is 34.3 Å². The number of carbonyl (C=O) groups is 1. The molecule has 0 unspecified atom stereocenters. The maximum atomic E-state index is 12.6. The van der Waals surface area contributed by atoms with Crippen molar-refractivity contribution in [3.8, 4) is 22.6 Å². The molecule has 2 heterocycles. The highest BCUT2D eigenvalue weighted by Crippen LogP contribution is 2.33. The van der Waals surface area contributed by atoms with Crippen LogP contribution in [0.1, 0.15) is 5.56 Å². The second-order valence-electron chi connectivity index (χ2n) is 8.30. The molecule has 0 atom stereocenters. The number of nitrogens with one attached hydrogen (secondary N) is 1. The number of allylic oxidation sites excluding steroid dienone is 1. The summed E-state index contributed by atoms with van der Waals surface area (Å²) in [6.07, 6.45) is 1.81. The highest BCUT2D eigenvalue weighted by atomic mass is 32.2. The number of fused-ring (bicyclic) bond motifs is 1. The van der Waals surface area contributed by atoms with Crippen molar-refractivity contribution in [3.05, 3.63) is 103 Å². The zero-order valence-electron chi connectivity index (χ0n) is 19.9. The Balaban J connectivity index is 1.49. The van der Waals surface area contributed by atoms with Gasteiger partial charge in [0, 0.05) is 28.7 Å². The van der Waals surface area contributed by atoms with E-state index in [1.165, 1.54) is 11.8 Å². The highest BCUT2D eigenvalue weighted by Gasteiger charge is 2.19. The van der Waals surface area contributed by atoms with Crippen LogP contribution in [0.2, 0.25) is 0 Å². The molecule has 1 N–H and O–H groups in total. The van der Waals surface area contributed by atoms with Crippen LogP contribution in [0.25, 0.3) is 33.5 Å². The summed E-state index contributed by atoms with van der Waals surface area (Å²) in [4.78, 5) is 17.5. The lowest BCUT2D eigenvalue weighted by molar-refractivity contribution is -0.113. The molecule has 36 heavy (non-hydrogen) atoms. The van der Waals surface area contributed by atoms with Crippen LogP contribution in [-0.2, 0) is 11.3 Å². The first kappa shape index (κ1) is 23.5. The van der Waals surface area contributed by atoms with Gasteiger partial charge in [0.15, 0.2) is 11.0 Å². The first-order valence-corrected chi connectivity index (χ1v) is 12.6. The molecular weight excluding hydrogens is 466 g/mol. The molecule has 5 aromatic rings. The average Bonchev–Trinajstić information content (AvgIpc) is 3.31. The molecule has 0 bridgehead atoms. The molecule has 0 aliphatic carbocycles. The van der Waals surface area contributed by atoms with E-state index >= 15 is 0 Å². The zero-order valence-corrected chi connectivity index (χ0v) is 20.7. The molecule has 0 fully saturated rings. The molecule has 2 aromatic heterocycles. The summed E-state index contributed by atoms with van der Waals surface area (Å²) >= 11 is 1.36. The van der Waals surface area contributed by atoms with Crippen molar-refractivity contribution in [3.63, 3.8) is 0 Å². The maximum absolute atomic E-state index is 12.6. The third-order valence-electron chi connectivity index (χ3n) is 5.81. The summed E-state index contributed by atoms with van der Waals surface area (Å²) in [6, 6.07) is 27.9. The number of hydrogen-bond acceptors (Lipinski definition) is 5. The van der Waals surface area contributed by atoms with Crippen molar-refractivity contribution in [1.82, 2.24) is 19.7 Å². The Labute approximate surface area is 214 Å². The molecule has 0 aliphatic rings. The van der Waals surface area contributed by atoms with Crippen LogP contribution in [0.3, 0.4) is 0 Å². The van der Waals surface area contributed by atoms with E-state index in [0.29, 0.717) is 17.5 Å². The molecule has 0 saturated heterocycles. The number of thioether (sulfide) groups is 1. The molecule has 0 radical (unpaired) electrons. The number of anilines is 1. The number of aromatic nitrogens is 4. The minimum Gasteiger partial charge on any atom is -0.325 e. The number of aryl methyl sites for hydroxylation is 1. The van der Waals surface area contributed by atoms with Gasteiger partial charge >= 0.3 is 0 Å². The zero-order chi connectivity index (χ0) is 24.9. The molecule has 1 amide bonds. The predicted octanol–water partition coefficient (Wildman–Crippen LogP) is 6.39. The molecule has 6 nitrogen and oxygen atoms in total. The van der Waals surface area contributed by atoms with Crippen LogP contribution in [0, 0.1) is 6.92 Å². The van der Waals surface area contributed by atoms with E-state index in [1.54, 1.807) is 0 Å². The van der Waals surface area contributed by atoms with Crippen LogP contribution < -0.4 is 5.32 Å². The fourth-order valence-corrected chi connectivity index (χ4v) is 4.78. The first-order chi connectivity index (χ1) is 17.6. The molecule has 0 saturated carbocycles. The summed E-state index contributed by atoms with van der Waals surface area (Å²) < 4.78 is 2.00. The monoisotopic (exact) mass is 491 g/mol. The number of pyridine rings is 1. The van der Waals surface area contributed by atoms with Gasteiger partial charge in [-0.15, -0.1) is 16.8 Å². The van der Waals surface area contributed by atoms with E-state index in [0.717, 1.165) is 39.0 Å². The summed E-state index contributed by atoms with van der Waals surface area (Å²) in [5.74, 6) is 0.841. The second kappa shape index (κ2) is 10.6. The van der Waals surface area contributed by atoms with E-state index in [4.69, 9.17) is 4.98 Å². The SMILES string of the molecule is C=CCn1c(SCC(=O)Nc2ccccc2C)nnc1-c1cc(-c2ccccc2)nc2ccccc12. The lowest BCUT2D eigenvalue weighted by atomic mass is 10.0. The van der Waals surface area contributed by atoms with Crippen molar-refractivity contribution in [2.45, 2.75) is 18.6 Å². The van der Waals surface area contributed by atoms with E-state index in [-0.39, 0.29) is 11.7 Å². The van der Waals surface area contributed by atoms with Crippen molar-refractivity contribution in [2.75, 3.05) is 11.1 Å². The summed E-state index contributed by atoms with van der Waals surface area (Å²) in [5.41, 5.74) is 5.55. The lowest BCUT2D eigenvalue weighted by Crippen LogP contribution is -2.15. The van der Waals surface area contributed by atoms with Gasteiger partial charge in [0.25, 0.3) is 0 Å². The lowest BCUT2D eigenvalue weighted by Gasteiger charge is -2.12. The third kappa shape index (κ3) is 4.92. The molecule has 178 valence electrons. The number of nitrogens with zero attached hydrogens (tertiary/aromatic N) is 4. The maximum Gasteiger partial charge on any atom is 0.234 e. The topological polar surface area (TPSA) is 72.7 Å². The van der Waals surface area contributed by atoms with Gasteiger partial charge in [-0.25, -0.2) is 4.98 Å². The number of para-hydroxylation sites is 2. The van der Waals surface area contributed by atoms with Crippen LogP contribution in [-0.4, -0.2) is 31.4 Å². The molecule has 0 spiro atoms. The number of carbonyl (C=O) groups excluding carboxylic acids is 1. The van der Waals surface area contributed by atoms with Gasteiger partial charge < -0.3 is 5.32 Å². The minimum atomic E-state index is -0.0928. The smallest absolute Gasteiger partial charge is 0.234 e. The number of hydrogen-bond donors (Lipinski definition) is 1. The first-order valence-electron chi connectivity index (χ1n) is 11.6. The van der Waals surface area contributed by atoms with E-state index in [2.05, 4.69) is 28.2 Å². The Morgan fingerprint density at radius 2 is 1.75 bits per heavy atom. The van der Waals surface area contributed by atoms with Gasteiger partial charge in [0.2, 0.25) is 5.91 Å². The number of rotatable bonds is 8. The largest absolute Gasteiger partial charge is 0.325 e. The van der Waals surface area contributed by atoms with Gasteiger partial charge in [-0.2, -0.15) is 0 Å². The van der Waals surface area contributed by atoms with Crippen molar-refractivity contribution < 1.29 is 4.79 Å². The number of benzene rings is 3. The van der Waals surface area contributed by atoms with Gasteiger partial charge in [-0.05, 0) is 30.7 Å². The average molecular weight is 492 g/mol. The third-order valence-corrected chi connectivity index (χ3v) is 6.77. The summed E-state index contributed by atoms with van der Waals surface area (Å²) in [6.45, 7) is 6.41. The molecule has 3 aromatic carbocycles. The van der Waals surface area contributed by atoms with Crippen LogP contribution in [0.5, 0.6) is 0 Å². The molecule has 0 aliphatic heterocycles. The van der Waals surface area contributed by atoms with Gasteiger partial charge in [-0.1, -0.05) is 84.6 Å². The normalized spacial score (nSPS) is 10.9. The Bertz CT molecular complexity index is 1540. The molecule has 7 heteroatoms. The highest BCUT2D eigenvalue weighted by molar-refractivity contribution is 7.99. The van der Waals surface area contributed by atoms with Crippen LogP contribution in [0.15, 0.2) is 103 Å². The van der Waals surface area contributed by atoms with E-state index in [9.17, 15) is 4.79 Å². The summed E-state index contributed by atoms with van der Waals surface area (Å²) in [5, 5.41) is 13.6. The fraction of sp³-hybridized carbons (Fsp3) is 0.103. The predicted molar refractivity (Wildman–Crippen MR) is 147 cm³/mol. The van der Waals surface area contributed by atoms with Crippen molar-refractivity contribution in [2.24, 2.45) is 0 Å². The van der Waals surface area contributed by atoms with Gasteiger partial charge in [0.1, 0.15) is 0 Å². The molecular formula is C29H25N5OS. The minimum absolute atomic E-state index is 0.0928. The Kier molecular flexibility index (Phi) is 6.91. The standard InChI is InChI=1S/C29H25N5OS/c1-3-17-34-28(32-33-29(34)36-19-27(35)31-24-15-9-7-11-20(24)2)23-18-26(21-12-5-4-6-13-21)30-25-16-10-8-14-22(23)25/h3-16,18H,1,17,19H2,2H3,(H,31,35). The summed E-state index contributed by atoms with van der Waals surface area (Å²) in [7, 11) is 0.